The maximum Gasteiger partial charge on any atom is 0.416 e. The standard InChI is InChI=1S/C26H38F3N3O3/c1-16(2)22(35-24(34)31(6)25(3,4)5)23(33)30-21-11-10-18-14-32(15-20(18)21)13-17-8-7-9-19(12-17)26(27,28)29/h7-9,12,16,18,20-22H,10-11,13-15H2,1-6H3,(H,30,33)/t18-,20+,21+,22-/m0/s1. The van der Waals surface area contributed by atoms with Crippen LogP contribution in [-0.4, -0.2) is 59.6 Å². The number of likely N-dealkylation sites (tertiary alicyclic amines) is 1. The number of carbonyl (C=O) groups is 2. The van der Waals surface area contributed by atoms with Crippen LogP contribution in [0.2, 0.25) is 0 Å². The number of nitrogens with zero attached hydrogens (tertiary/aromatic N) is 2. The van der Waals surface area contributed by atoms with Crippen LogP contribution in [0.5, 0.6) is 0 Å². The topological polar surface area (TPSA) is 61.9 Å². The van der Waals surface area contributed by atoms with E-state index in [0.29, 0.717) is 24.6 Å². The molecular formula is C26H38F3N3O3. The summed E-state index contributed by atoms with van der Waals surface area (Å²) in [4.78, 5) is 29.3. The van der Waals surface area contributed by atoms with Crippen molar-refractivity contribution in [2.45, 2.75) is 77.9 Å². The number of ether oxygens (including phenoxy) is 1. The van der Waals surface area contributed by atoms with Gasteiger partial charge in [-0.15, -0.1) is 0 Å². The number of alkyl halides is 3. The Morgan fingerprint density at radius 1 is 1.17 bits per heavy atom. The van der Waals surface area contributed by atoms with Crippen molar-refractivity contribution in [1.82, 2.24) is 15.1 Å². The largest absolute Gasteiger partial charge is 0.436 e. The second kappa shape index (κ2) is 10.4. The number of carbonyl (C=O) groups excluding carboxylic acids is 2. The average Bonchev–Trinajstić information content (AvgIpc) is 3.30. The van der Waals surface area contributed by atoms with Gasteiger partial charge in [-0.2, -0.15) is 13.2 Å². The van der Waals surface area contributed by atoms with Crippen LogP contribution < -0.4 is 5.32 Å². The number of fused-ring (bicyclic) bond motifs is 1. The highest BCUT2D eigenvalue weighted by Gasteiger charge is 2.44. The quantitative estimate of drug-likeness (QED) is 0.606. The van der Waals surface area contributed by atoms with E-state index in [1.807, 2.05) is 34.6 Å². The molecule has 1 N–H and O–H groups in total. The molecule has 196 valence electrons. The Morgan fingerprint density at radius 2 is 1.86 bits per heavy atom. The number of nitrogens with one attached hydrogen (secondary N) is 1. The van der Waals surface area contributed by atoms with Crippen LogP contribution in [0, 0.1) is 17.8 Å². The van der Waals surface area contributed by atoms with Gasteiger partial charge in [0.2, 0.25) is 0 Å². The van der Waals surface area contributed by atoms with E-state index in [-0.39, 0.29) is 23.8 Å². The molecule has 35 heavy (non-hydrogen) atoms. The van der Waals surface area contributed by atoms with Gasteiger partial charge < -0.3 is 15.0 Å². The van der Waals surface area contributed by atoms with Crippen LogP contribution in [0.25, 0.3) is 0 Å². The van der Waals surface area contributed by atoms with Gasteiger partial charge in [0.05, 0.1) is 5.56 Å². The van der Waals surface area contributed by atoms with Crippen molar-refractivity contribution >= 4 is 12.0 Å². The number of rotatable bonds is 6. The molecule has 1 heterocycles. The fourth-order valence-corrected chi connectivity index (χ4v) is 4.99. The van der Waals surface area contributed by atoms with E-state index in [0.717, 1.165) is 25.5 Å². The zero-order valence-electron chi connectivity index (χ0n) is 21.5. The molecule has 0 aromatic heterocycles. The molecule has 2 amide bonds. The third-order valence-corrected chi connectivity index (χ3v) is 7.29. The zero-order chi connectivity index (χ0) is 26.1. The van der Waals surface area contributed by atoms with Crippen molar-refractivity contribution in [2.75, 3.05) is 20.1 Å². The van der Waals surface area contributed by atoms with E-state index in [4.69, 9.17) is 4.74 Å². The molecule has 2 fully saturated rings. The maximum absolute atomic E-state index is 13.1. The molecule has 1 aromatic carbocycles. The van der Waals surface area contributed by atoms with Gasteiger partial charge in [-0.3, -0.25) is 9.69 Å². The Labute approximate surface area is 206 Å². The molecule has 9 heteroatoms. The summed E-state index contributed by atoms with van der Waals surface area (Å²) in [5, 5.41) is 3.12. The molecule has 1 saturated heterocycles. The molecule has 6 nitrogen and oxygen atoms in total. The monoisotopic (exact) mass is 497 g/mol. The van der Waals surface area contributed by atoms with E-state index in [1.165, 1.54) is 17.0 Å². The molecule has 1 aliphatic carbocycles. The number of amides is 2. The summed E-state index contributed by atoms with van der Waals surface area (Å²) < 4.78 is 44.8. The first-order valence-electron chi connectivity index (χ1n) is 12.3. The van der Waals surface area contributed by atoms with Crippen molar-refractivity contribution in [3.63, 3.8) is 0 Å². The van der Waals surface area contributed by atoms with Crippen LogP contribution >= 0.6 is 0 Å². The Morgan fingerprint density at radius 3 is 2.46 bits per heavy atom. The van der Waals surface area contributed by atoms with E-state index >= 15 is 0 Å². The summed E-state index contributed by atoms with van der Waals surface area (Å²) in [6.45, 7) is 11.3. The Bertz CT molecular complexity index is 913. The molecule has 0 spiro atoms. The highest BCUT2D eigenvalue weighted by Crippen LogP contribution is 2.39. The summed E-state index contributed by atoms with van der Waals surface area (Å²) in [7, 11) is 1.65. The third-order valence-electron chi connectivity index (χ3n) is 7.29. The van der Waals surface area contributed by atoms with Crippen molar-refractivity contribution < 1.29 is 27.5 Å². The molecule has 3 rings (SSSR count). The second-order valence-corrected chi connectivity index (χ2v) is 11.3. The maximum atomic E-state index is 13.1. The molecule has 0 unspecified atom stereocenters. The minimum absolute atomic E-state index is 0.0423. The molecule has 1 aromatic rings. The van der Waals surface area contributed by atoms with Crippen LogP contribution in [0.1, 0.15) is 58.6 Å². The Balaban J connectivity index is 1.60. The molecule has 0 radical (unpaired) electrons. The molecule has 1 saturated carbocycles. The number of benzene rings is 1. The normalized spacial score (nSPS) is 23.8. The summed E-state index contributed by atoms with van der Waals surface area (Å²) in [5.74, 6) is 0.131. The summed E-state index contributed by atoms with van der Waals surface area (Å²) in [6.07, 6.45) is -3.99. The smallest absolute Gasteiger partial charge is 0.416 e. The molecule has 4 atom stereocenters. The van der Waals surface area contributed by atoms with Gasteiger partial charge >= 0.3 is 12.3 Å². The fourth-order valence-electron chi connectivity index (χ4n) is 4.99. The van der Waals surface area contributed by atoms with E-state index in [9.17, 15) is 22.8 Å². The highest BCUT2D eigenvalue weighted by atomic mass is 19.4. The van der Waals surface area contributed by atoms with Crippen LogP contribution in [-0.2, 0) is 22.3 Å². The van der Waals surface area contributed by atoms with Gasteiger partial charge in [-0.1, -0.05) is 32.0 Å². The number of hydrogen-bond donors (Lipinski definition) is 1. The van der Waals surface area contributed by atoms with Gasteiger partial charge in [0, 0.05) is 38.3 Å². The first-order valence-corrected chi connectivity index (χ1v) is 12.3. The molecular weight excluding hydrogens is 459 g/mol. The lowest BCUT2D eigenvalue weighted by atomic mass is 9.97. The lowest BCUT2D eigenvalue weighted by Gasteiger charge is -2.33. The van der Waals surface area contributed by atoms with Gasteiger partial charge in [-0.05, 0) is 63.0 Å². The number of halogens is 3. The lowest BCUT2D eigenvalue weighted by molar-refractivity contribution is -0.137. The van der Waals surface area contributed by atoms with Gasteiger partial charge in [0.15, 0.2) is 6.10 Å². The SMILES string of the molecule is CC(C)[C@H](OC(=O)N(C)C(C)(C)C)C(=O)N[C@@H]1CC[C@H]2CN(Cc3cccc(C(F)(F)F)c3)C[C@H]21. The van der Waals surface area contributed by atoms with Crippen LogP contribution in [0.4, 0.5) is 18.0 Å². The van der Waals surface area contributed by atoms with Crippen molar-refractivity contribution in [3.8, 4) is 0 Å². The van der Waals surface area contributed by atoms with Crippen LogP contribution in [0.3, 0.4) is 0 Å². The molecule has 1 aliphatic heterocycles. The number of hydrogen-bond acceptors (Lipinski definition) is 4. The van der Waals surface area contributed by atoms with Crippen molar-refractivity contribution in [3.05, 3.63) is 35.4 Å². The summed E-state index contributed by atoms with van der Waals surface area (Å²) >= 11 is 0. The summed E-state index contributed by atoms with van der Waals surface area (Å²) in [6, 6.07) is 5.43. The first kappa shape index (κ1) is 27.3. The molecule has 0 bridgehead atoms. The fraction of sp³-hybridized carbons (Fsp3) is 0.692. The third kappa shape index (κ3) is 6.68. The van der Waals surface area contributed by atoms with E-state index in [1.54, 1.807) is 13.1 Å². The Hall–Kier alpha value is -2.29. The second-order valence-electron chi connectivity index (χ2n) is 11.3. The first-order chi connectivity index (χ1) is 16.2. The van der Waals surface area contributed by atoms with Gasteiger partial charge in [0.25, 0.3) is 5.91 Å². The average molecular weight is 498 g/mol. The van der Waals surface area contributed by atoms with Crippen LogP contribution in [0.15, 0.2) is 24.3 Å². The predicted molar refractivity (Wildman–Crippen MR) is 127 cm³/mol. The summed E-state index contributed by atoms with van der Waals surface area (Å²) in [5.41, 5.74) is -0.429. The van der Waals surface area contributed by atoms with E-state index < -0.39 is 29.5 Å². The Kier molecular flexibility index (Phi) is 8.09. The van der Waals surface area contributed by atoms with Crippen molar-refractivity contribution in [2.24, 2.45) is 17.8 Å². The van der Waals surface area contributed by atoms with Gasteiger partial charge in [0.1, 0.15) is 0 Å². The van der Waals surface area contributed by atoms with E-state index in [2.05, 4.69) is 10.2 Å². The minimum Gasteiger partial charge on any atom is -0.436 e. The zero-order valence-corrected chi connectivity index (χ0v) is 21.5. The highest BCUT2D eigenvalue weighted by molar-refractivity contribution is 5.84. The lowest BCUT2D eigenvalue weighted by Crippen LogP contribution is -2.50. The molecule has 2 aliphatic rings. The van der Waals surface area contributed by atoms with Crippen molar-refractivity contribution in [1.29, 1.82) is 0 Å². The van der Waals surface area contributed by atoms with Gasteiger partial charge in [-0.25, -0.2) is 4.79 Å². The minimum atomic E-state index is -4.36. The predicted octanol–water partition coefficient (Wildman–Crippen LogP) is 4.92.